The fourth-order valence-corrected chi connectivity index (χ4v) is 4.75. The van der Waals surface area contributed by atoms with Crippen LogP contribution in [0.2, 0.25) is 0 Å². The van der Waals surface area contributed by atoms with Crippen LogP contribution in [0.5, 0.6) is 0 Å². The lowest BCUT2D eigenvalue weighted by Crippen LogP contribution is -2.52. The third-order valence-corrected chi connectivity index (χ3v) is 6.57. The molecule has 5 rings (SSSR count). The van der Waals surface area contributed by atoms with E-state index in [0.717, 1.165) is 69.3 Å². The molecule has 3 heterocycles. The Labute approximate surface area is 195 Å². The number of aromatic nitrogens is 2. The Kier molecular flexibility index (Phi) is 6.85. The van der Waals surface area contributed by atoms with Crippen LogP contribution < -0.4 is 15.5 Å². The molecule has 1 aromatic carbocycles. The molecule has 3 aromatic rings. The summed E-state index contributed by atoms with van der Waals surface area (Å²) in [7, 11) is 0. The summed E-state index contributed by atoms with van der Waals surface area (Å²) >= 11 is 0. The van der Waals surface area contributed by atoms with Crippen molar-refractivity contribution in [3.63, 3.8) is 0 Å². The van der Waals surface area contributed by atoms with Gasteiger partial charge in [-0.05, 0) is 61.4 Å². The van der Waals surface area contributed by atoms with Crippen LogP contribution in [0.25, 0.3) is 0 Å². The van der Waals surface area contributed by atoms with Crippen molar-refractivity contribution in [2.24, 2.45) is 4.99 Å². The van der Waals surface area contributed by atoms with E-state index in [-0.39, 0.29) is 0 Å². The Morgan fingerprint density at radius 3 is 2.52 bits per heavy atom. The first-order valence-electron chi connectivity index (χ1n) is 12.0. The number of benzene rings is 1. The van der Waals surface area contributed by atoms with E-state index in [1.54, 1.807) is 6.26 Å². The summed E-state index contributed by atoms with van der Waals surface area (Å²) in [6, 6.07) is 15.4. The van der Waals surface area contributed by atoms with Crippen LogP contribution in [0, 0.1) is 0 Å². The lowest BCUT2D eigenvalue weighted by Gasteiger charge is -2.34. The van der Waals surface area contributed by atoms with E-state index in [4.69, 9.17) is 9.41 Å². The zero-order valence-electron chi connectivity index (χ0n) is 19.0. The van der Waals surface area contributed by atoms with Gasteiger partial charge < -0.3 is 20.0 Å². The Morgan fingerprint density at radius 1 is 0.939 bits per heavy atom. The van der Waals surface area contributed by atoms with Gasteiger partial charge >= 0.3 is 0 Å². The molecule has 2 aromatic heterocycles. The number of aliphatic imine (C=N–C) groups is 1. The van der Waals surface area contributed by atoms with Crippen molar-refractivity contribution in [1.82, 2.24) is 20.6 Å². The summed E-state index contributed by atoms with van der Waals surface area (Å²) in [6.07, 6.45) is 11.5. The molecule has 33 heavy (non-hydrogen) atoms. The minimum Gasteiger partial charge on any atom is -0.469 e. The Bertz CT molecular complexity index is 1030. The maximum Gasteiger partial charge on any atom is 0.225 e. The predicted molar refractivity (Wildman–Crippen MR) is 131 cm³/mol. The first-order chi connectivity index (χ1) is 16.3. The van der Waals surface area contributed by atoms with Gasteiger partial charge in [0.25, 0.3) is 0 Å². The highest BCUT2D eigenvalue weighted by Gasteiger charge is 2.24. The number of rotatable bonds is 6. The van der Waals surface area contributed by atoms with E-state index in [1.165, 1.54) is 11.1 Å². The van der Waals surface area contributed by atoms with E-state index in [1.807, 2.05) is 30.6 Å². The molecular formula is C26H32N6O. The maximum absolute atomic E-state index is 5.48. The van der Waals surface area contributed by atoms with Crippen LogP contribution in [0.4, 0.5) is 5.95 Å². The normalized spacial score (nSPS) is 19.2. The number of piperidine rings is 1. The monoisotopic (exact) mass is 444 g/mol. The maximum atomic E-state index is 5.48. The molecule has 0 amide bonds. The highest BCUT2D eigenvalue weighted by molar-refractivity contribution is 5.80. The molecule has 1 aliphatic carbocycles. The third-order valence-electron chi connectivity index (χ3n) is 6.57. The topological polar surface area (TPSA) is 78.6 Å². The molecule has 1 unspecified atom stereocenters. The van der Waals surface area contributed by atoms with Crippen molar-refractivity contribution >= 4 is 11.9 Å². The first kappa shape index (κ1) is 21.5. The number of hydrogen-bond donors (Lipinski definition) is 2. The fourth-order valence-electron chi connectivity index (χ4n) is 4.75. The molecular weight excluding hydrogens is 412 g/mol. The summed E-state index contributed by atoms with van der Waals surface area (Å²) in [4.78, 5) is 16.0. The van der Waals surface area contributed by atoms with E-state index in [9.17, 15) is 0 Å². The van der Waals surface area contributed by atoms with Crippen molar-refractivity contribution in [2.75, 3.05) is 24.5 Å². The van der Waals surface area contributed by atoms with Gasteiger partial charge in [-0.1, -0.05) is 24.3 Å². The molecule has 2 N–H and O–H groups in total. The minimum atomic E-state index is 0.385. The number of fused-ring (bicyclic) bond motifs is 1. The Balaban J connectivity index is 1.20. The summed E-state index contributed by atoms with van der Waals surface area (Å²) in [5.41, 5.74) is 2.93. The molecule has 1 aliphatic heterocycles. The number of nitrogens with zero attached hydrogens (tertiary/aromatic N) is 4. The van der Waals surface area contributed by atoms with Crippen molar-refractivity contribution < 1.29 is 4.42 Å². The van der Waals surface area contributed by atoms with Crippen LogP contribution in [0.3, 0.4) is 0 Å². The van der Waals surface area contributed by atoms with Crippen molar-refractivity contribution in [1.29, 1.82) is 0 Å². The molecule has 7 nitrogen and oxygen atoms in total. The summed E-state index contributed by atoms with van der Waals surface area (Å²) in [6.45, 7) is 2.58. The molecule has 0 radical (unpaired) electrons. The SMILES string of the molecule is c1cnc(N2CCC(NC(=NCCc3ccco3)NC3CCc4ccccc4C3)CC2)nc1. The van der Waals surface area contributed by atoms with E-state index < -0.39 is 0 Å². The van der Waals surface area contributed by atoms with Gasteiger partial charge in [0.15, 0.2) is 5.96 Å². The Hall–Kier alpha value is -3.35. The highest BCUT2D eigenvalue weighted by Crippen LogP contribution is 2.21. The van der Waals surface area contributed by atoms with Gasteiger partial charge in [-0.2, -0.15) is 0 Å². The smallest absolute Gasteiger partial charge is 0.225 e. The second-order valence-corrected chi connectivity index (χ2v) is 8.87. The summed E-state index contributed by atoms with van der Waals surface area (Å²) in [5, 5.41) is 7.46. The van der Waals surface area contributed by atoms with Gasteiger partial charge in [-0.15, -0.1) is 0 Å². The van der Waals surface area contributed by atoms with E-state index in [0.29, 0.717) is 18.6 Å². The van der Waals surface area contributed by atoms with Gasteiger partial charge in [0.05, 0.1) is 6.26 Å². The highest BCUT2D eigenvalue weighted by atomic mass is 16.3. The van der Waals surface area contributed by atoms with Gasteiger partial charge in [-0.3, -0.25) is 4.99 Å². The number of anilines is 1. The van der Waals surface area contributed by atoms with E-state index in [2.05, 4.69) is 49.8 Å². The molecule has 172 valence electrons. The fraction of sp³-hybridized carbons (Fsp3) is 0.423. The number of aryl methyl sites for hydroxylation is 1. The van der Waals surface area contributed by atoms with Crippen LogP contribution in [-0.2, 0) is 19.3 Å². The van der Waals surface area contributed by atoms with Crippen molar-refractivity contribution in [3.05, 3.63) is 78.0 Å². The van der Waals surface area contributed by atoms with Crippen LogP contribution in [-0.4, -0.2) is 47.6 Å². The molecule has 1 saturated heterocycles. The van der Waals surface area contributed by atoms with Crippen LogP contribution in [0.15, 0.2) is 70.5 Å². The molecule has 1 fully saturated rings. The predicted octanol–water partition coefficient (Wildman–Crippen LogP) is 3.37. The van der Waals surface area contributed by atoms with Crippen LogP contribution >= 0.6 is 0 Å². The second-order valence-electron chi connectivity index (χ2n) is 8.87. The lowest BCUT2D eigenvalue weighted by molar-refractivity contribution is 0.447. The number of nitrogens with one attached hydrogen (secondary N) is 2. The zero-order valence-corrected chi connectivity index (χ0v) is 19.0. The summed E-state index contributed by atoms with van der Waals surface area (Å²) in [5.74, 6) is 2.71. The molecule has 0 saturated carbocycles. The lowest BCUT2D eigenvalue weighted by atomic mass is 9.88. The first-order valence-corrected chi connectivity index (χ1v) is 12.0. The second kappa shape index (κ2) is 10.5. The average Bonchev–Trinajstić information content (AvgIpc) is 3.38. The zero-order chi connectivity index (χ0) is 22.3. The minimum absolute atomic E-state index is 0.385. The third kappa shape index (κ3) is 5.72. The van der Waals surface area contributed by atoms with Crippen molar-refractivity contribution in [2.45, 2.75) is 50.6 Å². The molecule has 1 atom stereocenters. The summed E-state index contributed by atoms with van der Waals surface area (Å²) < 4.78 is 5.48. The van der Waals surface area contributed by atoms with Gasteiger partial charge in [0.1, 0.15) is 5.76 Å². The van der Waals surface area contributed by atoms with Gasteiger partial charge in [0.2, 0.25) is 5.95 Å². The molecule has 2 aliphatic rings. The largest absolute Gasteiger partial charge is 0.469 e. The quantitative estimate of drug-likeness (QED) is 0.448. The molecule has 0 spiro atoms. The number of hydrogen-bond acceptors (Lipinski definition) is 5. The van der Waals surface area contributed by atoms with Crippen LogP contribution in [0.1, 0.15) is 36.1 Å². The Morgan fingerprint density at radius 2 is 1.73 bits per heavy atom. The molecule has 7 heteroatoms. The van der Waals surface area contributed by atoms with E-state index >= 15 is 0 Å². The molecule has 0 bridgehead atoms. The standard InChI is InChI=1S/C26H32N6O/c1-2-6-21-19-23(9-8-20(21)5-1)31-25(27-15-10-24-7-3-18-33-24)30-22-11-16-32(17-12-22)26-28-13-4-14-29-26/h1-7,13-14,18,22-23H,8-12,15-17,19H2,(H2,27,30,31). The average molecular weight is 445 g/mol. The van der Waals surface area contributed by atoms with Gasteiger partial charge in [0, 0.05) is 50.5 Å². The number of guanidine groups is 1. The number of furan rings is 1. The van der Waals surface area contributed by atoms with Crippen molar-refractivity contribution in [3.8, 4) is 0 Å². The van der Waals surface area contributed by atoms with Gasteiger partial charge in [-0.25, -0.2) is 9.97 Å².